The van der Waals surface area contributed by atoms with Crippen molar-refractivity contribution >= 4 is 9.19 Å². The third kappa shape index (κ3) is 2.34. The Bertz CT molecular complexity index is 714. The van der Waals surface area contributed by atoms with Gasteiger partial charge in [-0.05, 0) is 0 Å². The molecule has 2 nitrogen and oxygen atoms in total. The van der Waals surface area contributed by atoms with Crippen LogP contribution < -0.4 is 0 Å². The van der Waals surface area contributed by atoms with E-state index in [2.05, 4.69) is 21.5 Å². The van der Waals surface area contributed by atoms with Gasteiger partial charge in [0.15, 0.2) is 0 Å². The van der Waals surface area contributed by atoms with E-state index in [1.165, 1.54) is 77.0 Å². The Hall–Kier alpha value is 0.240. The summed E-state index contributed by atoms with van der Waals surface area (Å²) in [5.41, 5.74) is 0.867. The molecular formula is C23H32AuClN2. The Kier molecular flexibility index (Phi) is 3.57. The van der Waals surface area contributed by atoms with Crippen LogP contribution in [-0.2, 0) is 29.3 Å². The third-order valence-electron chi connectivity index (χ3n) is 9.81. The van der Waals surface area contributed by atoms with Crippen molar-refractivity contribution in [2.24, 2.45) is 35.5 Å². The summed E-state index contributed by atoms with van der Waals surface area (Å²) in [6.07, 6.45) is 22.8. The molecule has 0 unspecified atom stereocenters. The number of aromatic nitrogens is 2. The zero-order valence-corrected chi connectivity index (χ0v) is 19.1. The summed E-state index contributed by atoms with van der Waals surface area (Å²) in [4.78, 5) is 0. The molecule has 0 saturated heterocycles. The van der Waals surface area contributed by atoms with Gasteiger partial charge >= 0.3 is 176 Å². The van der Waals surface area contributed by atoms with Crippen LogP contribution in [0.5, 0.6) is 0 Å². The van der Waals surface area contributed by atoms with Crippen LogP contribution in [0.3, 0.4) is 0 Å². The molecule has 8 bridgehead atoms. The normalized spacial score (nSPS) is 52.2. The first-order chi connectivity index (χ1) is 13.1. The summed E-state index contributed by atoms with van der Waals surface area (Å²) in [6, 6.07) is 0. The molecule has 4 heteroatoms. The Balaban J connectivity index is 1.34. The average molecular weight is 569 g/mol. The zero-order valence-electron chi connectivity index (χ0n) is 16.2. The molecule has 0 aliphatic heterocycles. The van der Waals surface area contributed by atoms with Crippen LogP contribution >= 0.6 is 9.19 Å². The van der Waals surface area contributed by atoms with Crippen LogP contribution in [-0.4, -0.2) is 9.13 Å². The van der Waals surface area contributed by atoms with E-state index in [1.807, 2.05) is 0 Å². The fourth-order valence-corrected chi connectivity index (χ4v) is 12.5. The molecular weight excluding hydrogens is 537 g/mol. The molecule has 8 fully saturated rings. The zero-order chi connectivity index (χ0) is 17.8. The van der Waals surface area contributed by atoms with Crippen molar-refractivity contribution in [2.45, 2.75) is 88.1 Å². The van der Waals surface area contributed by atoms with Gasteiger partial charge < -0.3 is 0 Å². The maximum absolute atomic E-state index is 6.81. The van der Waals surface area contributed by atoms with Gasteiger partial charge in [-0.15, -0.1) is 0 Å². The molecule has 1 aromatic heterocycles. The Morgan fingerprint density at radius 2 is 0.926 bits per heavy atom. The van der Waals surface area contributed by atoms with Gasteiger partial charge in [-0.3, -0.25) is 0 Å². The van der Waals surface area contributed by atoms with E-state index in [9.17, 15) is 0 Å². The first-order valence-electron chi connectivity index (χ1n) is 11.5. The predicted octanol–water partition coefficient (Wildman–Crippen LogP) is 5.91. The predicted molar refractivity (Wildman–Crippen MR) is 104 cm³/mol. The molecule has 0 spiro atoms. The van der Waals surface area contributed by atoms with Gasteiger partial charge in [-0.25, -0.2) is 0 Å². The van der Waals surface area contributed by atoms with E-state index < -0.39 is 0 Å². The molecule has 0 aromatic carbocycles. The second-order valence-electron chi connectivity index (χ2n) is 11.6. The molecule has 0 atom stereocenters. The fraction of sp³-hybridized carbons (Fsp3) is 0.870. The number of halogens is 1. The van der Waals surface area contributed by atoms with Crippen molar-refractivity contribution in [3.05, 3.63) is 16.0 Å². The van der Waals surface area contributed by atoms with Gasteiger partial charge in [0.2, 0.25) is 0 Å². The number of hydrogen-bond acceptors (Lipinski definition) is 0. The summed E-state index contributed by atoms with van der Waals surface area (Å²) in [6.45, 7) is 0. The summed E-state index contributed by atoms with van der Waals surface area (Å²) in [5.74, 6) is 6.04. The molecule has 0 radical (unpaired) electrons. The van der Waals surface area contributed by atoms with Crippen molar-refractivity contribution < 1.29 is 18.2 Å². The Morgan fingerprint density at radius 3 is 1.19 bits per heavy atom. The molecule has 8 aliphatic rings. The minimum atomic E-state index is -0.282. The van der Waals surface area contributed by atoms with Gasteiger partial charge in [-0.2, -0.15) is 0 Å². The van der Waals surface area contributed by atoms with Crippen LogP contribution in [0.25, 0.3) is 0 Å². The SMILES string of the molecule is [Cl][Au]=[c]1n(C23CC4CC(CC(C4)C2)C3)ccn1C12CC3CC(CC(C3)C1)C2. The summed E-state index contributed by atoms with van der Waals surface area (Å²) < 4.78 is 7.12. The van der Waals surface area contributed by atoms with E-state index in [1.54, 1.807) is 3.63 Å². The van der Waals surface area contributed by atoms with E-state index in [0.29, 0.717) is 11.1 Å². The van der Waals surface area contributed by atoms with Gasteiger partial charge in [0, 0.05) is 0 Å². The molecule has 8 saturated carbocycles. The van der Waals surface area contributed by atoms with Crippen molar-refractivity contribution in [1.29, 1.82) is 0 Å². The second kappa shape index (κ2) is 5.68. The second-order valence-corrected chi connectivity index (χ2v) is 13.9. The van der Waals surface area contributed by atoms with Crippen LogP contribution in [0.4, 0.5) is 0 Å². The maximum atomic E-state index is 6.81. The Labute approximate surface area is 175 Å². The third-order valence-corrected chi connectivity index (χ3v) is 12.1. The molecule has 27 heavy (non-hydrogen) atoms. The van der Waals surface area contributed by atoms with Crippen LogP contribution in [0.2, 0.25) is 0 Å². The van der Waals surface area contributed by atoms with Crippen molar-refractivity contribution in [2.75, 3.05) is 0 Å². The monoisotopic (exact) mass is 568 g/mol. The topological polar surface area (TPSA) is 9.86 Å². The first kappa shape index (κ1) is 17.0. The fourth-order valence-electron chi connectivity index (χ4n) is 9.81. The molecule has 1 heterocycles. The summed E-state index contributed by atoms with van der Waals surface area (Å²) in [5, 5.41) is 0. The van der Waals surface area contributed by atoms with Gasteiger partial charge in [-0.1, -0.05) is 0 Å². The molecule has 8 aliphatic carbocycles. The first-order valence-corrected chi connectivity index (χ1v) is 15.2. The van der Waals surface area contributed by atoms with E-state index in [0.717, 1.165) is 35.5 Å². The van der Waals surface area contributed by atoms with Crippen molar-refractivity contribution in [1.82, 2.24) is 9.13 Å². The standard InChI is InChI=1S/C23H32N2.Au.ClH/c1-2-25(23-12-19-6-20(13-23)8-21(7-19)14-23)15-24(1)22-9-16-3-17(10-22)5-18(4-16)11-22;;/h1-2,16-21H,3-14H2;;1H/q;+1;/p-1. The van der Waals surface area contributed by atoms with E-state index in [4.69, 9.17) is 9.19 Å². The van der Waals surface area contributed by atoms with E-state index in [-0.39, 0.29) is 18.2 Å². The number of nitrogens with zero attached hydrogens (tertiary/aromatic N) is 2. The number of hydrogen-bond donors (Lipinski definition) is 0. The number of imidazole rings is 1. The Morgan fingerprint density at radius 1 is 0.630 bits per heavy atom. The quantitative estimate of drug-likeness (QED) is 0.393. The molecule has 0 amide bonds. The molecule has 0 N–H and O–H groups in total. The van der Waals surface area contributed by atoms with Crippen LogP contribution in [0.15, 0.2) is 12.4 Å². The van der Waals surface area contributed by atoms with Gasteiger partial charge in [0.1, 0.15) is 0 Å². The summed E-state index contributed by atoms with van der Waals surface area (Å²) in [7, 11) is 6.81. The molecule has 1 aromatic rings. The van der Waals surface area contributed by atoms with Crippen molar-refractivity contribution in [3.8, 4) is 0 Å². The van der Waals surface area contributed by atoms with E-state index >= 15 is 0 Å². The molecule has 152 valence electrons. The van der Waals surface area contributed by atoms with Gasteiger partial charge in [0.05, 0.1) is 0 Å². The van der Waals surface area contributed by atoms with Gasteiger partial charge in [0.25, 0.3) is 0 Å². The minimum absolute atomic E-state index is 0.282. The summed E-state index contributed by atoms with van der Waals surface area (Å²) >= 11 is -0.282. The van der Waals surface area contributed by atoms with Crippen LogP contribution in [0.1, 0.15) is 77.0 Å². The van der Waals surface area contributed by atoms with Crippen molar-refractivity contribution in [3.63, 3.8) is 0 Å². The average Bonchev–Trinajstić information content (AvgIpc) is 3.05. The van der Waals surface area contributed by atoms with Crippen LogP contribution in [0, 0.1) is 39.1 Å². The molecule has 9 rings (SSSR count). The number of rotatable bonds is 2.